The topological polar surface area (TPSA) is 77.4 Å². The molecule has 2 heterocycles. The normalized spacial score (nSPS) is 17.8. The summed E-state index contributed by atoms with van der Waals surface area (Å²) in [5.41, 5.74) is 1.11. The van der Waals surface area contributed by atoms with Crippen LogP contribution in [0.3, 0.4) is 0 Å². The number of fused-ring (bicyclic) bond motifs is 1. The molecule has 0 bridgehead atoms. The molecular weight excluding hydrogens is 425 g/mol. The highest BCUT2D eigenvalue weighted by atomic mass is 19.4. The molecule has 2 aromatic carbocycles. The minimum absolute atomic E-state index is 0.0115. The highest BCUT2D eigenvalue weighted by Crippen LogP contribution is 2.44. The number of hydrogen-bond donors (Lipinski definition) is 2. The Balaban J connectivity index is 1.66. The molecule has 0 saturated heterocycles. The number of alkyl halides is 3. The number of halogens is 3. The molecule has 2 N–H and O–H groups in total. The Labute approximate surface area is 182 Å². The number of carbonyl (C=O) groups excluding carboxylic acids is 1. The fourth-order valence-corrected chi connectivity index (χ4v) is 3.68. The van der Waals surface area contributed by atoms with Crippen molar-refractivity contribution >= 4 is 17.4 Å². The summed E-state index contributed by atoms with van der Waals surface area (Å²) >= 11 is 0. The van der Waals surface area contributed by atoms with Crippen LogP contribution < -0.4 is 20.1 Å². The number of anilines is 2. The van der Waals surface area contributed by atoms with Crippen LogP contribution in [0.5, 0.6) is 11.5 Å². The summed E-state index contributed by atoms with van der Waals surface area (Å²) in [6, 6.07) is 10.9. The van der Waals surface area contributed by atoms with Crippen LogP contribution in [0.1, 0.15) is 34.4 Å². The van der Waals surface area contributed by atoms with Crippen molar-refractivity contribution in [3.8, 4) is 11.5 Å². The standard InChI is InChI=1S/C22H21F3N4O3/c1-31-15-8-6-14(7-9-15)27-21(30)17-12-26-29-19(22(23,24)25)11-18(28-20(17)29)13-4-3-5-16(10-13)32-2/h3-10,12,18-19,28H,11H2,1-2H3,(H,27,30)/t18-,19-/m1/s1. The van der Waals surface area contributed by atoms with Gasteiger partial charge in [-0.2, -0.15) is 18.3 Å². The molecule has 168 valence electrons. The zero-order valence-corrected chi connectivity index (χ0v) is 17.3. The van der Waals surface area contributed by atoms with E-state index in [1.807, 2.05) is 0 Å². The van der Waals surface area contributed by atoms with Gasteiger partial charge in [0.1, 0.15) is 22.9 Å². The Hall–Kier alpha value is -3.69. The van der Waals surface area contributed by atoms with Crippen LogP contribution in [0.2, 0.25) is 0 Å². The van der Waals surface area contributed by atoms with Gasteiger partial charge in [0.05, 0.1) is 26.5 Å². The smallest absolute Gasteiger partial charge is 0.410 e. The van der Waals surface area contributed by atoms with Gasteiger partial charge < -0.3 is 20.1 Å². The van der Waals surface area contributed by atoms with Crippen LogP contribution in [0, 0.1) is 0 Å². The molecule has 10 heteroatoms. The largest absolute Gasteiger partial charge is 0.497 e. The summed E-state index contributed by atoms with van der Waals surface area (Å²) in [6.07, 6.45) is -3.66. The lowest BCUT2D eigenvalue weighted by molar-refractivity contribution is -0.173. The number of rotatable bonds is 5. The third-order valence-corrected chi connectivity index (χ3v) is 5.33. The summed E-state index contributed by atoms with van der Waals surface area (Å²) in [7, 11) is 3.01. The number of ether oxygens (including phenoxy) is 2. The van der Waals surface area contributed by atoms with Gasteiger partial charge in [-0.15, -0.1) is 0 Å². The first-order valence-electron chi connectivity index (χ1n) is 9.80. The number of amides is 1. The molecule has 0 spiro atoms. The maximum absolute atomic E-state index is 13.9. The zero-order valence-electron chi connectivity index (χ0n) is 17.3. The van der Waals surface area contributed by atoms with Crippen molar-refractivity contribution in [3.63, 3.8) is 0 Å². The molecule has 1 amide bonds. The van der Waals surface area contributed by atoms with Gasteiger partial charge >= 0.3 is 6.18 Å². The second-order valence-electron chi connectivity index (χ2n) is 7.30. The second kappa shape index (κ2) is 8.45. The predicted molar refractivity (Wildman–Crippen MR) is 112 cm³/mol. The van der Waals surface area contributed by atoms with Crippen molar-refractivity contribution in [1.82, 2.24) is 9.78 Å². The van der Waals surface area contributed by atoms with E-state index < -0.39 is 24.2 Å². The van der Waals surface area contributed by atoms with Crippen LogP contribution in [0.4, 0.5) is 24.7 Å². The number of hydrogen-bond acceptors (Lipinski definition) is 5. The molecule has 0 aliphatic carbocycles. The molecule has 0 unspecified atom stereocenters. The Morgan fingerprint density at radius 2 is 1.84 bits per heavy atom. The molecule has 0 saturated carbocycles. The van der Waals surface area contributed by atoms with Crippen LogP contribution in [-0.4, -0.2) is 36.1 Å². The van der Waals surface area contributed by atoms with E-state index in [4.69, 9.17) is 9.47 Å². The summed E-state index contributed by atoms with van der Waals surface area (Å²) in [4.78, 5) is 12.9. The Morgan fingerprint density at radius 1 is 1.12 bits per heavy atom. The van der Waals surface area contributed by atoms with Gasteiger partial charge in [-0.25, -0.2) is 4.68 Å². The molecule has 4 rings (SSSR count). The number of carbonyl (C=O) groups is 1. The number of nitrogens with one attached hydrogen (secondary N) is 2. The summed E-state index contributed by atoms with van der Waals surface area (Å²) in [6.45, 7) is 0. The van der Waals surface area contributed by atoms with Gasteiger partial charge in [-0.3, -0.25) is 4.79 Å². The fourth-order valence-electron chi connectivity index (χ4n) is 3.68. The van der Waals surface area contributed by atoms with E-state index >= 15 is 0 Å². The van der Waals surface area contributed by atoms with Crippen LogP contribution >= 0.6 is 0 Å². The zero-order chi connectivity index (χ0) is 22.9. The maximum Gasteiger partial charge on any atom is 0.410 e. The maximum atomic E-state index is 13.9. The van der Waals surface area contributed by atoms with E-state index in [1.165, 1.54) is 14.2 Å². The molecule has 32 heavy (non-hydrogen) atoms. The van der Waals surface area contributed by atoms with Gasteiger partial charge in [-0.1, -0.05) is 12.1 Å². The van der Waals surface area contributed by atoms with Crippen LogP contribution in [-0.2, 0) is 0 Å². The van der Waals surface area contributed by atoms with Crippen molar-refractivity contribution in [2.24, 2.45) is 0 Å². The lowest BCUT2D eigenvalue weighted by Crippen LogP contribution is -2.36. The number of nitrogens with zero attached hydrogens (tertiary/aromatic N) is 2. The van der Waals surface area contributed by atoms with E-state index in [2.05, 4.69) is 15.7 Å². The van der Waals surface area contributed by atoms with E-state index in [0.717, 1.165) is 10.9 Å². The molecule has 3 aromatic rings. The van der Waals surface area contributed by atoms with Crippen molar-refractivity contribution in [3.05, 3.63) is 65.9 Å². The summed E-state index contributed by atoms with van der Waals surface area (Å²) in [5, 5.41) is 9.63. The summed E-state index contributed by atoms with van der Waals surface area (Å²) in [5.74, 6) is 0.583. The highest BCUT2D eigenvalue weighted by molar-refractivity contribution is 6.07. The number of aromatic nitrogens is 2. The van der Waals surface area contributed by atoms with Crippen LogP contribution in [0.15, 0.2) is 54.7 Å². The van der Waals surface area contributed by atoms with E-state index in [9.17, 15) is 18.0 Å². The van der Waals surface area contributed by atoms with Crippen molar-refractivity contribution in [2.45, 2.75) is 24.7 Å². The molecule has 1 aliphatic heterocycles. The molecule has 1 aliphatic rings. The fraction of sp³-hybridized carbons (Fsp3) is 0.273. The highest BCUT2D eigenvalue weighted by Gasteiger charge is 2.47. The first-order valence-corrected chi connectivity index (χ1v) is 9.80. The lowest BCUT2D eigenvalue weighted by Gasteiger charge is -2.34. The molecular formula is C22H21F3N4O3. The average Bonchev–Trinajstić information content (AvgIpc) is 3.22. The van der Waals surface area contributed by atoms with E-state index in [-0.39, 0.29) is 17.8 Å². The van der Waals surface area contributed by atoms with Gasteiger partial charge in [0, 0.05) is 12.1 Å². The molecule has 0 radical (unpaired) electrons. The minimum atomic E-state index is -4.54. The quantitative estimate of drug-likeness (QED) is 0.588. The first kappa shape index (κ1) is 21.5. The minimum Gasteiger partial charge on any atom is -0.497 e. The van der Waals surface area contributed by atoms with Crippen molar-refractivity contribution in [2.75, 3.05) is 24.9 Å². The van der Waals surface area contributed by atoms with Gasteiger partial charge in [0.2, 0.25) is 0 Å². The number of benzene rings is 2. The predicted octanol–water partition coefficient (Wildman–Crippen LogP) is 4.81. The first-order chi connectivity index (χ1) is 15.3. The average molecular weight is 446 g/mol. The molecule has 7 nitrogen and oxygen atoms in total. The van der Waals surface area contributed by atoms with Crippen molar-refractivity contribution < 1.29 is 27.4 Å². The number of methoxy groups -OCH3 is 2. The van der Waals surface area contributed by atoms with Crippen LogP contribution in [0.25, 0.3) is 0 Å². The van der Waals surface area contributed by atoms with Crippen molar-refractivity contribution in [1.29, 1.82) is 0 Å². The van der Waals surface area contributed by atoms with E-state index in [0.29, 0.717) is 22.7 Å². The third-order valence-electron chi connectivity index (χ3n) is 5.33. The van der Waals surface area contributed by atoms with Gasteiger partial charge in [0.25, 0.3) is 5.91 Å². The van der Waals surface area contributed by atoms with Gasteiger partial charge in [-0.05, 0) is 42.0 Å². The third kappa shape index (κ3) is 4.20. The Bertz CT molecular complexity index is 1110. The Morgan fingerprint density at radius 3 is 2.50 bits per heavy atom. The SMILES string of the molecule is COc1ccc(NC(=O)c2cnn3c2N[C@@H](c2cccc(OC)c2)C[C@@H]3C(F)(F)F)cc1. The molecule has 2 atom stereocenters. The van der Waals surface area contributed by atoms with Gasteiger partial charge in [0.15, 0.2) is 6.04 Å². The monoisotopic (exact) mass is 446 g/mol. The second-order valence-corrected chi connectivity index (χ2v) is 7.30. The summed E-state index contributed by atoms with van der Waals surface area (Å²) < 4.78 is 52.7. The molecule has 0 fully saturated rings. The Kier molecular flexibility index (Phi) is 5.68. The molecule has 1 aromatic heterocycles. The van der Waals surface area contributed by atoms with E-state index in [1.54, 1.807) is 48.5 Å². The lowest BCUT2D eigenvalue weighted by atomic mass is 9.96.